The molecule has 3 unspecified atom stereocenters. The van der Waals surface area contributed by atoms with Gasteiger partial charge in [0.25, 0.3) is 0 Å². The third-order valence-electron chi connectivity index (χ3n) is 4.87. The molecule has 0 bridgehead atoms. The minimum atomic E-state index is 0.206. The van der Waals surface area contributed by atoms with E-state index in [9.17, 15) is 0 Å². The van der Waals surface area contributed by atoms with Gasteiger partial charge >= 0.3 is 0 Å². The smallest absolute Gasteiger partial charge is 0.191 e. The molecule has 0 saturated heterocycles. The molecule has 5 nitrogen and oxygen atoms in total. The zero-order chi connectivity index (χ0) is 18.2. The molecule has 1 fully saturated rings. The first kappa shape index (κ1) is 19.9. The molecule has 2 N–H and O–H groups in total. The second-order valence-corrected chi connectivity index (χ2v) is 7.82. The Morgan fingerprint density at radius 3 is 2.72 bits per heavy atom. The number of hydrogen-bond donors (Lipinski definition) is 2. The summed E-state index contributed by atoms with van der Waals surface area (Å²) in [6, 6.07) is 8.93. The molecule has 1 aliphatic rings. The van der Waals surface area contributed by atoms with Crippen molar-refractivity contribution in [2.24, 2.45) is 4.99 Å². The van der Waals surface area contributed by atoms with Crippen LogP contribution in [0.15, 0.2) is 29.3 Å². The van der Waals surface area contributed by atoms with Crippen LogP contribution in [-0.4, -0.2) is 63.2 Å². The quantitative estimate of drug-likeness (QED) is 0.575. The molecule has 6 heteroatoms. The average Bonchev–Trinajstić information content (AvgIpc) is 3.08. The van der Waals surface area contributed by atoms with Crippen LogP contribution in [-0.2, 0) is 0 Å². The zero-order valence-electron chi connectivity index (χ0n) is 16.1. The van der Waals surface area contributed by atoms with Crippen LogP contribution in [0.5, 0.6) is 5.75 Å². The summed E-state index contributed by atoms with van der Waals surface area (Å²) in [6.45, 7) is 0.770. The third kappa shape index (κ3) is 5.54. The lowest BCUT2D eigenvalue weighted by Gasteiger charge is -2.28. The Hall–Kier alpha value is -1.40. The third-order valence-corrected chi connectivity index (χ3v) is 5.96. The number of ether oxygens (including phenoxy) is 1. The molecular weight excluding hydrogens is 332 g/mol. The van der Waals surface area contributed by atoms with Crippen molar-refractivity contribution in [1.29, 1.82) is 0 Å². The van der Waals surface area contributed by atoms with Crippen LogP contribution < -0.4 is 15.4 Å². The lowest BCUT2D eigenvalue weighted by Crippen LogP contribution is -2.45. The van der Waals surface area contributed by atoms with Crippen molar-refractivity contribution in [2.75, 3.05) is 41.1 Å². The predicted molar refractivity (Wildman–Crippen MR) is 109 cm³/mol. The molecule has 1 saturated carbocycles. The monoisotopic (exact) mass is 364 g/mol. The summed E-state index contributed by atoms with van der Waals surface area (Å²) in [5.41, 5.74) is 1.18. The molecule has 0 amide bonds. The van der Waals surface area contributed by atoms with E-state index in [-0.39, 0.29) is 6.04 Å². The van der Waals surface area contributed by atoms with Crippen LogP contribution in [0.3, 0.4) is 0 Å². The Morgan fingerprint density at radius 2 is 2.12 bits per heavy atom. The van der Waals surface area contributed by atoms with Crippen molar-refractivity contribution >= 4 is 17.7 Å². The van der Waals surface area contributed by atoms with Crippen LogP contribution >= 0.6 is 11.8 Å². The van der Waals surface area contributed by atoms with Gasteiger partial charge in [0.05, 0.1) is 13.2 Å². The van der Waals surface area contributed by atoms with Gasteiger partial charge in [0.15, 0.2) is 5.96 Å². The van der Waals surface area contributed by atoms with Gasteiger partial charge in [0, 0.05) is 30.4 Å². The van der Waals surface area contributed by atoms with E-state index in [0.29, 0.717) is 6.04 Å². The highest BCUT2D eigenvalue weighted by Gasteiger charge is 2.25. The summed E-state index contributed by atoms with van der Waals surface area (Å²) in [5.74, 6) is 1.80. The highest BCUT2D eigenvalue weighted by molar-refractivity contribution is 7.99. The summed E-state index contributed by atoms with van der Waals surface area (Å²) in [7, 11) is 7.75. The van der Waals surface area contributed by atoms with Crippen molar-refractivity contribution < 1.29 is 4.74 Å². The maximum atomic E-state index is 5.54. The first-order valence-electron chi connectivity index (χ1n) is 8.88. The molecule has 0 heterocycles. The van der Waals surface area contributed by atoms with E-state index in [1.54, 1.807) is 7.11 Å². The van der Waals surface area contributed by atoms with Crippen molar-refractivity contribution in [3.63, 3.8) is 0 Å². The lowest BCUT2D eigenvalue weighted by atomic mass is 10.0. The normalized spacial score (nSPS) is 22.1. The van der Waals surface area contributed by atoms with Crippen LogP contribution in [0.4, 0.5) is 0 Å². The van der Waals surface area contributed by atoms with Gasteiger partial charge < -0.3 is 20.3 Å². The molecule has 1 aromatic carbocycles. The number of thioether (sulfide) groups is 1. The molecule has 1 aliphatic carbocycles. The van der Waals surface area contributed by atoms with E-state index in [4.69, 9.17) is 4.74 Å². The Kier molecular flexibility index (Phi) is 7.90. The Morgan fingerprint density at radius 1 is 1.36 bits per heavy atom. The van der Waals surface area contributed by atoms with Gasteiger partial charge in [-0.05, 0) is 45.7 Å². The van der Waals surface area contributed by atoms with Gasteiger partial charge in [-0.25, -0.2) is 0 Å². The fourth-order valence-electron chi connectivity index (χ4n) is 3.38. The van der Waals surface area contributed by atoms with Crippen LogP contribution in [0.1, 0.15) is 30.9 Å². The number of likely N-dealkylation sites (N-methyl/N-ethyl adjacent to an activating group) is 1. The summed E-state index contributed by atoms with van der Waals surface area (Å²) in [6.07, 6.45) is 5.92. The highest BCUT2D eigenvalue weighted by atomic mass is 32.2. The second kappa shape index (κ2) is 9.92. The summed E-state index contributed by atoms with van der Waals surface area (Å²) >= 11 is 1.97. The molecule has 0 radical (unpaired) electrons. The van der Waals surface area contributed by atoms with Gasteiger partial charge in [-0.2, -0.15) is 11.8 Å². The molecule has 140 valence electrons. The minimum absolute atomic E-state index is 0.206. The average molecular weight is 365 g/mol. The summed E-state index contributed by atoms with van der Waals surface area (Å²) < 4.78 is 5.54. The fraction of sp³-hybridized carbons (Fsp3) is 0.632. The standard InChI is InChI=1S/C19H32N4OS/c1-20-19(22-14-10-11-15(12-14)25-5)21-13-17(23(2)3)16-8-6-7-9-18(16)24-4/h6-9,14-15,17H,10-13H2,1-5H3,(H2,20,21,22). The number of aliphatic imine (C=N–C) groups is 1. The number of para-hydroxylation sites is 1. The van der Waals surface area contributed by atoms with Crippen molar-refractivity contribution in [1.82, 2.24) is 15.5 Å². The number of methoxy groups -OCH3 is 1. The first-order chi connectivity index (χ1) is 12.1. The summed E-state index contributed by atoms with van der Waals surface area (Å²) in [5, 5.41) is 7.85. The van der Waals surface area contributed by atoms with Gasteiger partial charge in [0.2, 0.25) is 0 Å². The van der Waals surface area contributed by atoms with Crippen molar-refractivity contribution in [3.05, 3.63) is 29.8 Å². The molecule has 0 aromatic heterocycles. The van der Waals surface area contributed by atoms with Crippen LogP contribution in [0.2, 0.25) is 0 Å². The SMILES string of the molecule is CN=C(NCC(c1ccccc1OC)N(C)C)NC1CCC(SC)C1. The van der Waals surface area contributed by atoms with Gasteiger partial charge in [-0.1, -0.05) is 18.2 Å². The fourth-order valence-corrected chi connectivity index (χ4v) is 4.18. The molecule has 2 rings (SSSR count). The van der Waals surface area contributed by atoms with E-state index in [0.717, 1.165) is 23.5 Å². The maximum absolute atomic E-state index is 5.54. The van der Waals surface area contributed by atoms with Gasteiger partial charge in [-0.15, -0.1) is 0 Å². The zero-order valence-corrected chi connectivity index (χ0v) is 16.9. The van der Waals surface area contributed by atoms with Gasteiger partial charge in [0.1, 0.15) is 5.75 Å². The topological polar surface area (TPSA) is 48.9 Å². The number of rotatable bonds is 7. The molecule has 0 aliphatic heterocycles. The number of benzene rings is 1. The van der Waals surface area contributed by atoms with Crippen LogP contribution in [0, 0.1) is 0 Å². The number of hydrogen-bond acceptors (Lipinski definition) is 4. The number of nitrogens with zero attached hydrogens (tertiary/aromatic N) is 2. The Labute approximate surface area is 156 Å². The summed E-state index contributed by atoms with van der Waals surface area (Å²) in [4.78, 5) is 6.61. The van der Waals surface area contributed by atoms with Crippen LogP contribution in [0.25, 0.3) is 0 Å². The van der Waals surface area contributed by atoms with E-state index in [1.807, 2.05) is 30.9 Å². The molecular formula is C19H32N4OS. The minimum Gasteiger partial charge on any atom is -0.496 e. The van der Waals surface area contributed by atoms with E-state index in [1.165, 1.54) is 24.8 Å². The van der Waals surface area contributed by atoms with Crippen molar-refractivity contribution in [2.45, 2.75) is 36.6 Å². The Balaban J connectivity index is 1.97. The van der Waals surface area contributed by atoms with Crippen molar-refractivity contribution in [3.8, 4) is 5.75 Å². The maximum Gasteiger partial charge on any atom is 0.191 e. The molecule has 25 heavy (non-hydrogen) atoms. The first-order valence-corrected chi connectivity index (χ1v) is 10.2. The highest BCUT2D eigenvalue weighted by Crippen LogP contribution is 2.29. The lowest BCUT2D eigenvalue weighted by molar-refractivity contribution is 0.287. The van der Waals surface area contributed by atoms with Gasteiger partial charge in [-0.3, -0.25) is 4.99 Å². The number of guanidine groups is 1. The largest absolute Gasteiger partial charge is 0.496 e. The predicted octanol–water partition coefficient (Wildman–Crippen LogP) is 2.75. The van der Waals surface area contributed by atoms with E-state index >= 15 is 0 Å². The molecule has 0 spiro atoms. The molecule has 1 aromatic rings. The molecule has 3 atom stereocenters. The Bertz CT molecular complexity index is 564. The van der Waals surface area contributed by atoms with E-state index < -0.39 is 0 Å². The second-order valence-electron chi connectivity index (χ2n) is 6.69. The van der Waals surface area contributed by atoms with E-state index in [2.05, 4.69) is 53.0 Å². The number of nitrogens with one attached hydrogen (secondary N) is 2.